The van der Waals surface area contributed by atoms with E-state index in [4.69, 9.17) is 9.73 Å². The second kappa shape index (κ2) is 11.1. The molecule has 1 aromatic heterocycles. The van der Waals surface area contributed by atoms with E-state index in [1.807, 2.05) is 17.4 Å². The van der Waals surface area contributed by atoms with Crippen LogP contribution in [0.25, 0.3) is 43.5 Å². The molecule has 48 heavy (non-hydrogen) atoms. The summed E-state index contributed by atoms with van der Waals surface area (Å²) in [4.78, 5) is 5.13. The third-order valence-corrected chi connectivity index (χ3v) is 11.2. The molecule has 0 saturated carbocycles. The minimum absolute atomic E-state index is 0.0346. The number of fused-ring (bicyclic) bond motifs is 7. The van der Waals surface area contributed by atoms with Crippen molar-refractivity contribution < 1.29 is 4.74 Å². The number of hydrogen-bond donors (Lipinski definition) is 2. The van der Waals surface area contributed by atoms with Crippen molar-refractivity contribution in [2.45, 2.75) is 24.4 Å². The van der Waals surface area contributed by atoms with Gasteiger partial charge in [-0.3, -0.25) is 5.32 Å². The van der Waals surface area contributed by atoms with Crippen LogP contribution < -0.4 is 25.8 Å². The Morgan fingerprint density at radius 1 is 0.604 bits per heavy atom. The molecule has 4 nitrogen and oxygen atoms in total. The minimum Gasteiger partial charge on any atom is -0.485 e. The van der Waals surface area contributed by atoms with Gasteiger partial charge < -0.3 is 10.1 Å². The molecule has 230 valence electrons. The van der Waals surface area contributed by atoms with Crippen LogP contribution in [0.5, 0.6) is 5.75 Å². The van der Waals surface area contributed by atoms with E-state index in [1.54, 1.807) is 0 Å². The van der Waals surface area contributed by atoms with Crippen LogP contribution in [0.2, 0.25) is 0 Å². The molecular formula is C43H31N3OS. The van der Waals surface area contributed by atoms with E-state index >= 15 is 0 Å². The molecule has 2 N–H and O–H groups in total. The quantitative estimate of drug-likeness (QED) is 0.205. The second-order valence-electron chi connectivity index (χ2n) is 12.7. The fraction of sp³-hybridized carbons (Fsp3) is 0.0930. The number of nitrogens with zero attached hydrogens (tertiary/aromatic N) is 1. The van der Waals surface area contributed by atoms with Gasteiger partial charge in [-0.1, -0.05) is 133 Å². The average molecular weight is 638 g/mol. The van der Waals surface area contributed by atoms with Crippen LogP contribution in [-0.4, -0.2) is 11.9 Å². The highest BCUT2D eigenvalue weighted by atomic mass is 32.1. The van der Waals surface area contributed by atoms with Gasteiger partial charge in [-0.25, -0.2) is 4.99 Å². The maximum absolute atomic E-state index is 6.45. The number of amidine groups is 1. The van der Waals surface area contributed by atoms with Gasteiger partial charge >= 0.3 is 0 Å². The Morgan fingerprint density at radius 3 is 2.17 bits per heavy atom. The summed E-state index contributed by atoms with van der Waals surface area (Å²) in [5.74, 6) is 2.09. The highest BCUT2D eigenvalue weighted by molar-refractivity contribution is 7.26. The van der Waals surface area contributed by atoms with Crippen molar-refractivity contribution in [3.05, 3.63) is 172 Å². The van der Waals surface area contributed by atoms with Crippen molar-refractivity contribution in [2.75, 3.05) is 0 Å². The van der Waals surface area contributed by atoms with Crippen LogP contribution in [-0.2, 0) is 0 Å². The molecule has 7 aromatic rings. The Labute approximate surface area is 282 Å². The van der Waals surface area contributed by atoms with Crippen LogP contribution in [0.15, 0.2) is 145 Å². The molecular weight excluding hydrogens is 607 g/mol. The largest absolute Gasteiger partial charge is 0.485 e. The van der Waals surface area contributed by atoms with Crippen LogP contribution >= 0.6 is 11.3 Å². The lowest BCUT2D eigenvalue weighted by Crippen LogP contribution is -2.45. The molecule has 0 fully saturated rings. The lowest BCUT2D eigenvalue weighted by molar-refractivity contribution is 0.288. The SMILES string of the molecule is C1=c2ccccc2=CC2c3cc(-c4cccc5c4sc4c(C6NC(c7ccccc7)=NC(c7ccccc7)N6)cccc45)ccc3OC12. The Kier molecular flexibility index (Phi) is 6.36. The maximum Gasteiger partial charge on any atom is 0.131 e. The number of rotatable bonds is 4. The lowest BCUT2D eigenvalue weighted by Gasteiger charge is -2.32. The molecule has 4 unspecified atom stereocenters. The molecule has 5 heteroatoms. The zero-order chi connectivity index (χ0) is 31.6. The number of ether oxygens (including phenoxy) is 1. The molecule has 0 spiro atoms. The van der Waals surface area contributed by atoms with Crippen LogP contribution in [0.4, 0.5) is 0 Å². The van der Waals surface area contributed by atoms with Gasteiger partial charge in [0.1, 0.15) is 30.0 Å². The van der Waals surface area contributed by atoms with E-state index in [0.29, 0.717) is 0 Å². The van der Waals surface area contributed by atoms with Crippen molar-refractivity contribution in [1.82, 2.24) is 10.6 Å². The van der Waals surface area contributed by atoms with E-state index in [-0.39, 0.29) is 24.4 Å². The van der Waals surface area contributed by atoms with Gasteiger partial charge in [0.15, 0.2) is 0 Å². The first-order valence-electron chi connectivity index (χ1n) is 16.5. The van der Waals surface area contributed by atoms with Gasteiger partial charge in [-0.15, -0.1) is 11.3 Å². The van der Waals surface area contributed by atoms with Gasteiger partial charge in [-0.05, 0) is 45.3 Å². The Hall–Kier alpha value is -5.49. The number of hydrogen-bond acceptors (Lipinski definition) is 5. The van der Waals surface area contributed by atoms with Crippen LogP contribution in [0.3, 0.4) is 0 Å². The Morgan fingerprint density at radius 2 is 1.33 bits per heavy atom. The highest BCUT2D eigenvalue weighted by Gasteiger charge is 2.33. The summed E-state index contributed by atoms with van der Waals surface area (Å²) in [7, 11) is 0. The number of benzene rings is 6. The molecule has 2 aliphatic heterocycles. The Balaban J connectivity index is 1.07. The van der Waals surface area contributed by atoms with Gasteiger partial charge in [0.2, 0.25) is 0 Å². The molecule has 1 aliphatic carbocycles. The van der Waals surface area contributed by atoms with E-state index in [9.17, 15) is 0 Å². The van der Waals surface area contributed by atoms with E-state index in [2.05, 4.69) is 156 Å². The summed E-state index contributed by atoms with van der Waals surface area (Å²) in [5, 5.41) is 12.7. The zero-order valence-electron chi connectivity index (χ0n) is 26.0. The molecule has 0 bridgehead atoms. The standard InChI is InChI=1S/C43H31N3OS/c1-3-11-26(12-4-1)41-44-42(27-13-5-2-6-14-27)46-43(45-41)34-20-10-19-33-32-18-9-17-31(39(32)48-40(33)34)30-21-22-37-35(24-30)36-23-28-15-7-8-16-29(28)25-38(36)47-37/h1-25,36,38,41,43,45H,(H,44,46). The fourth-order valence-electron chi connectivity index (χ4n) is 7.55. The summed E-state index contributed by atoms with van der Waals surface area (Å²) < 4.78 is 9.03. The van der Waals surface area contributed by atoms with Crippen molar-refractivity contribution in [3.63, 3.8) is 0 Å². The molecule has 3 heterocycles. The van der Waals surface area contributed by atoms with Crippen molar-refractivity contribution >= 4 is 49.5 Å². The molecule has 10 rings (SSSR count). The van der Waals surface area contributed by atoms with Crippen LogP contribution in [0.1, 0.15) is 40.5 Å². The summed E-state index contributed by atoms with van der Waals surface area (Å²) in [6.07, 6.45) is 4.39. The highest BCUT2D eigenvalue weighted by Crippen LogP contribution is 2.46. The first kappa shape index (κ1) is 27.6. The lowest BCUT2D eigenvalue weighted by atomic mass is 9.88. The Bertz CT molecular complexity index is 2520. The van der Waals surface area contributed by atoms with Gasteiger partial charge in [0.25, 0.3) is 0 Å². The third-order valence-electron chi connectivity index (χ3n) is 9.89. The maximum atomic E-state index is 6.45. The molecule has 3 aliphatic rings. The molecule has 0 radical (unpaired) electrons. The molecule has 0 saturated heterocycles. The van der Waals surface area contributed by atoms with Crippen molar-refractivity contribution in [2.24, 2.45) is 4.99 Å². The van der Waals surface area contributed by atoms with E-state index < -0.39 is 0 Å². The molecule has 6 aromatic carbocycles. The van der Waals surface area contributed by atoms with Crippen LogP contribution in [0, 0.1) is 0 Å². The zero-order valence-corrected chi connectivity index (χ0v) is 26.8. The predicted molar refractivity (Wildman–Crippen MR) is 198 cm³/mol. The molecule has 4 atom stereocenters. The monoisotopic (exact) mass is 637 g/mol. The summed E-state index contributed by atoms with van der Waals surface area (Å²) in [6, 6.07) is 49.7. The van der Waals surface area contributed by atoms with Gasteiger partial charge in [0, 0.05) is 42.8 Å². The third kappa shape index (κ3) is 4.50. The van der Waals surface area contributed by atoms with Crippen molar-refractivity contribution in [1.29, 1.82) is 0 Å². The predicted octanol–water partition coefficient (Wildman–Crippen LogP) is 8.18. The van der Waals surface area contributed by atoms with Crippen molar-refractivity contribution in [3.8, 4) is 16.9 Å². The number of aliphatic imine (C=N–C) groups is 1. The first-order chi connectivity index (χ1) is 23.8. The smallest absolute Gasteiger partial charge is 0.131 e. The minimum atomic E-state index is -0.175. The van der Waals surface area contributed by atoms with Gasteiger partial charge in [0.05, 0.1) is 0 Å². The molecule has 0 amide bonds. The summed E-state index contributed by atoms with van der Waals surface area (Å²) in [6.45, 7) is 0. The number of nitrogens with one attached hydrogen (secondary N) is 2. The fourth-order valence-corrected chi connectivity index (χ4v) is 8.93. The van der Waals surface area contributed by atoms with E-state index in [1.165, 1.54) is 52.9 Å². The van der Waals surface area contributed by atoms with Gasteiger partial charge in [-0.2, -0.15) is 0 Å². The topological polar surface area (TPSA) is 45.7 Å². The summed E-state index contributed by atoms with van der Waals surface area (Å²) >= 11 is 1.88. The first-order valence-corrected chi connectivity index (χ1v) is 17.3. The second-order valence-corrected chi connectivity index (χ2v) is 13.8. The van der Waals surface area contributed by atoms with E-state index in [0.717, 1.165) is 22.7 Å². The number of thiophene rings is 1. The summed E-state index contributed by atoms with van der Waals surface area (Å²) in [5.41, 5.74) is 7.18. The normalized spacial score (nSPS) is 20.8. The average Bonchev–Trinajstić information content (AvgIpc) is 3.72.